The van der Waals surface area contributed by atoms with Crippen molar-refractivity contribution >= 4 is 27.2 Å². The lowest BCUT2D eigenvalue weighted by Gasteiger charge is -2.19. The third-order valence-electron chi connectivity index (χ3n) is 2.32. The fourth-order valence-corrected chi connectivity index (χ4v) is 1.92. The van der Waals surface area contributed by atoms with Crippen LogP contribution in [0.1, 0.15) is 10.5 Å². The summed E-state index contributed by atoms with van der Waals surface area (Å²) < 4.78 is 22.1. The smallest absolute Gasteiger partial charge is 0.267 e. The number of pyridine rings is 1. The minimum absolute atomic E-state index is 0.0224. The highest BCUT2D eigenvalue weighted by atomic mass is 32.2. The lowest BCUT2D eigenvalue weighted by Crippen LogP contribution is -2.27. The maximum Gasteiger partial charge on any atom is 0.267 e. The molecule has 4 N–H and O–H groups in total. The van der Waals surface area contributed by atoms with Crippen molar-refractivity contribution in [1.82, 2.24) is 4.98 Å². The second kappa shape index (κ2) is 5.21. The Morgan fingerprint density at radius 3 is 2.56 bits per heavy atom. The van der Waals surface area contributed by atoms with Crippen LogP contribution < -0.4 is 16.4 Å². The van der Waals surface area contributed by atoms with Gasteiger partial charge in [0.15, 0.2) is 5.82 Å². The quantitative estimate of drug-likeness (QED) is 0.727. The van der Waals surface area contributed by atoms with Gasteiger partial charge >= 0.3 is 0 Å². The summed E-state index contributed by atoms with van der Waals surface area (Å²) in [5.74, 6) is -0.339. The van der Waals surface area contributed by atoms with Crippen LogP contribution in [0.25, 0.3) is 0 Å². The highest BCUT2D eigenvalue weighted by molar-refractivity contribution is 7.90. The Kier molecular flexibility index (Phi) is 4.12. The monoisotopic (exact) mass is 272 g/mol. The van der Waals surface area contributed by atoms with Crippen molar-refractivity contribution in [2.45, 2.75) is 0 Å². The predicted octanol–water partition coefficient (Wildman–Crippen LogP) is -0.756. The van der Waals surface area contributed by atoms with Crippen molar-refractivity contribution in [2.75, 3.05) is 36.2 Å². The zero-order valence-corrected chi connectivity index (χ0v) is 11.1. The van der Waals surface area contributed by atoms with Crippen LogP contribution >= 0.6 is 0 Å². The summed E-state index contributed by atoms with van der Waals surface area (Å²) in [7, 11) is -1.42. The average Bonchev–Trinajstić information content (AvgIpc) is 2.25. The van der Waals surface area contributed by atoms with Crippen molar-refractivity contribution in [3.63, 3.8) is 0 Å². The third kappa shape index (κ3) is 3.88. The molecule has 0 fully saturated rings. The number of rotatable bonds is 5. The topological polar surface area (TPSA) is 119 Å². The highest BCUT2D eigenvalue weighted by Crippen LogP contribution is 2.19. The van der Waals surface area contributed by atoms with E-state index in [-0.39, 0.29) is 18.0 Å². The summed E-state index contributed by atoms with van der Waals surface area (Å²) in [4.78, 5) is 16.6. The van der Waals surface area contributed by atoms with E-state index >= 15 is 0 Å². The summed E-state index contributed by atoms with van der Waals surface area (Å²) in [6, 6.07) is 2.94. The molecule has 0 bridgehead atoms. The molecular weight excluding hydrogens is 256 g/mol. The molecule has 0 aliphatic rings. The van der Waals surface area contributed by atoms with Gasteiger partial charge in [-0.05, 0) is 12.1 Å². The summed E-state index contributed by atoms with van der Waals surface area (Å²) in [6.07, 6.45) is 1.15. The van der Waals surface area contributed by atoms with Crippen molar-refractivity contribution < 1.29 is 13.2 Å². The van der Waals surface area contributed by atoms with Gasteiger partial charge in [-0.1, -0.05) is 0 Å². The third-order valence-corrected chi connectivity index (χ3v) is 3.24. The van der Waals surface area contributed by atoms with Crippen molar-refractivity contribution in [2.24, 2.45) is 5.73 Å². The summed E-state index contributed by atoms with van der Waals surface area (Å²) in [5.41, 5.74) is 11.3. The van der Waals surface area contributed by atoms with Crippen LogP contribution in [0.3, 0.4) is 0 Å². The summed E-state index contributed by atoms with van der Waals surface area (Å²) in [5, 5.41) is 0. The number of sulfone groups is 1. The molecule has 18 heavy (non-hydrogen) atoms. The molecule has 0 saturated carbocycles. The molecule has 1 aromatic rings. The van der Waals surface area contributed by atoms with E-state index in [1.807, 2.05) is 0 Å². The second-order valence-corrected chi connectivity index (χ2v) is 6.28. The van der Waals surface area contributed by atoms with Gasteiger partial charge in [-0.25, -0.2) is 13.4 Å². The Morgan fingerprint density at radius 1 is 1.44 bits per heavy atom. The van der Waals surface area contributed by atoms with Gasteiger partial charge in [-0.2, -0.15) is 0 Å². The minimum Gasteiger partial charge on any atom is -0.396 e. The number of amides is 1. The number of carbonyl (C=O) groups is 1. The normalized spacial score (nSPS) is 11.2. The standard InChI is InChI=1S/C10H16N4O3S/c1-14(5-6-18(2,16)17)10-7(11)3-4-8(13-10)9(12)15/h3-4H,5-6,11H2,1-2H3,(H2,12,15). The van der Waals surface area contributed by atoms with E-state index < -0.39 is 15.7 Å². The first kappa shape index (κ1) is 14.2. The largest absolute Gasteiger partial charge is 0.396 e. The molecule has 1 heterocycles. The number of hydrogen-bond donors (Lipinski definition) is 2. The molecule has 0 aliphatic carbocycles. The lowest BCUT2D eigenvalue weighted by molar-refractivity contribution is 0.0995. The van der Waals surface area contributed by atoms with Gasteiger partial charge < -0.3 is 16.4 Å². The summed E-state index contributed by atoms with van der Waals surface area (Å²) >= 11 is 0. The number of nitrogens with two attached hydrogens (primary N) is 2. The first-order valence-electron chi connectivity index (χ1n) is 5.16. The molecule has 1 rings (SSSR count). The Labute approximate surface area is 106 Å². The Morgan fingerprint density at radius 2 is 2.06 bits per heavy atom. The fraction of sp³-hybridized carbons (Fsp3) is 0.400. The van der Waals surface area contributed by atoms with Crippen molar-refractivity contribution in [3.8, 4) is 0 Å². The molecular formula is C10H16N4O3S. The van der Waals surface area contributed by atoms with E-state index in [0.29, 0.717) is 11.5 Å². The SMILES string of the molecule is CN(CCS(C)(=O)=O)c1nc(C(N)=O)ccc1N. The number of anilines is 2. The molecule has 0 aromatic carbocycles. The molecule has 1 aromatic heterocycles. The molecule has 7 nitrogen and oxygen atoms in total. The van der Waals surface area contributed by atoms with E-state index in [0.717, 1.165) is 6.26 Å². The highest BCUT2D eigenvalue weighted by Gasteiger charge is 2.12. The number of carbonyl (C=O) groups excluding carboxylic acids is 1. The Hall–Kier alpha value is -1.83. The lowest BCUT2D eigenvalue weighted by atomic mass is 10.3. The molecule has 100 valence electrons. The van der Waals surface area contributed by atoms with E-state index in [9.17, 15) is 13.2 Å². The van der Waals surface area contributed by atoms with Crippen LogP contribution in [-0.2, 0) is 9.84 Å². The Bertz CT molecular complexity index is 556. The molecule has 0 radical (unpaired) electrons. The number of primary amides is 1. The van der Waals surface area contributed by atoms with Crippen molar-refractivity contribution in [3.05, 3.63) is 17.8 Å². The first-order chi connectivity index (χ1) is 8.20. The van der Waals surface area contributed by atoms with Gasteiger partial charge in [0.25, 0.3) is 5.91 Å². The Balaban J connectivity index is 2.94. The van der Waals surface area contributed by atoms with Gasteiger partial charge in [-0.15, -0.1) is 0 Å². The van der Waals surface area contributed by atoms with Crippen LogP contribution in [0.5, 0.6) is 0 Å². The molecule has 0 spiro atoms. The fourth-order valence-electron chi connectivity index (χ4n) is 1.31. The van der Waals surface area contributed by atoms with E-state index in [4.69, 9.17) is 11.5 Å². The minimum atomic E-state index is -3.07. The van der Waals surface area contributed by atoms with E-state index in [2.05, 4.69) is 4.98 Å². The zero-order chi connectivity index (χ0) is 13.9. The van der Waals surface area contributed by atoms with Gasteiger partial charge in [-0.3, -0.25) is 4.79 Å². The van der Waals surface area contributed by atoms with Crippen LogP contribution in [-0.4, -0.2) is 44.9 Å². The van der Waals surface area contributed by atoms with Gasteiger partial charge in [0, 0.05) is 19.8 Å². The van der Waals surface area contributed by atoms with Crippen LogP contribution in [0.2, 0.25) is 0 Å². The molecule has 1 amide bonds. The van der Waals surface area contributed by atoms with Gasteiger partial charge in [0.1, 0.15) is 15.5 Å². The molecule has 8 heteroatoms. The molecule has 0 atom stereocenters. The van der Waals surface area contributed by atoms with E-state index in [1.54, 1.807) is 11.9 Å². The van der Waals surface area contributed by atoms with Crippen LogP contribution in [0, 0.1) is 0 Å². The number of aromatic nitrogens is 1. The molecule has 0 aliphatic heterocycles. The van der Waals surface area contributed by atoms with E-state index in [1.165, 1.54) is 12.1 Å². The maximum absolute atomic E-state index is 11.1. The van der Waals surface area contributed by atoms with Crippen LogP contribution in [0.4, 0.5) is 11.5 Å². The van der Waals surface area contributed by atoms with Crippen molar-refractivity contribution in [1.29, 1.82) is 0 Å². The first-order valence-corrected chi connectivity index (χ1v) is 7.22. The van der Waals surface area contributed by atoms with Gasteiger partial charge in [0.05, 0.1) is 11.4 Å². The number of nitrogen functional groups attached to an aromatic ring is 1. The number of hydrogen-bond acceptors (Lipinski definition) is 6. The molecule has 0 saturated heterocycles. The predicted molar refractivity (Wildman–Crippen MR) is 70.1 cm³/mol. The zero-order valence-electron chi connectivity index (χ0n) is 10.3. The summed E-state index contributed by atoms with van der Waals surface area (Å²) in [6.45, 7) is 0.234. The van der Waals surface area contributed by atoms with Crippen LogP contribution in [0.15, 0.2) is 12.1 Å². The average molecular weight is 272 g/mol. The van der Waals surface area contributed by atoms with Gasteiger partial charge in [0.2, 0.25) is 0 Å². The number of nitrogens with zero attached hydrogens (tertiary/aromatic N) is 2. The second-order valence-electron chi connectivity index (χ2n) is 4.03. The molecule has 0 unspecified atom stereocenters. The maximum atomic E-state index is 11.1.